The number of fused-ring (bicyclic) bond motifs is 1. The normalized spacial score (nSPS) is 15.9. The molecule has 0 unspecified atom stereocenters. The number of amides is 1. The number of allylic oxidation sites excluding steroid dienone is 2. The van der Waals surface area contributed by atoms with Crippen LogP contribution in [-0.4, -0.2) is 40.3 Å². The van der Waals surface area contributed by atoms with Crippen LogP contribution in [0.15, 0.2) is 48.8 Å². The third-order valence-corrected chi connectivity index (χ3v) is 4.41. The first-order valence-corrected chi connectivity index (χ1v) is 8.85. The second-order valence-electron chi connectivity index (χ2n) is 6.16. The molecule has 0 saturated heterocycles. The number of hydrogen-bond donors (Lipinski definition) is 2. The summed E-state index contributed by atoms with van der Waals surface area (Å²) < 4.78 is 20.3. The first-order valence-electron chi connectivity index (χ1n) is 8.85. The molecule has 3 heterocycles. The number of anilines is 1. The van der Waals surface area contributed by atoms with E-state index in [4.69, 9.17) is 9.72 Å². The average molecular weight is 369 g/mol. The molecule has 0 atom stereocenters. The molecular formula is C19H20FN5O2. The highest BCUT2D eigenvalue weighted by molar-refractivity contribution is 5.71. The molecule has 27 heavy (non-hydrogen) atoms. The monoisotopic (exact) mass is 369 g/mol. The van der Waals surface area contributed by atoms with Crippen molar-refractivity contribution in [2.45, 2.75) is 12.8 Å². The van der Waals surface area contributed by atoms with Crippen LogP contribution in [0.25, 0.3) is 11.3 Å². The van der Waals surface area contributed by atoms with Gasteiger partial charge >= 0.3 is 6.09 Å². The lowest BCUT2D eigenvalue weighted by Gasteiger charge is -2.24. The maximum absolute atomic E-state index is 13.3. The van der Waals surface area contributed by atoms with Gasteiger partial charge < -0.3 is 15.5 Å². The van der Waals surface area contributed by atoms with Crippen molar-refractivity contribution in [3.8, 4) is 11.3 Å². The van der Waals surface area contributed by atoms with Gasteiger partial charge in [0.15, 0.2) is 0 Å². The quantitative estimate of drug-likeness (QED) is 0.869. The Hall–Kier alpha value is -3.29. The zero-order chi connectivity index (χ0) is 18.8. The summed E-state index contributed by atoms with van der Waals surface area (Å²) >= 11 is 0. The van der Waals surface area contributed by atoms with E-state index in [1.54, 1.807) is 31.5 Å². The van der Waals surface area contributed by atoms with Gasteiger partial charge in [0.2, 0.25) is 5.95 Å². The largest absolute Gasteiger partial charge is 0.449 e. The molecule has 2 aliphatic heterocycles. The minimum Gasteiger partial charge on any atom is -0.449 e. The van der Waals surface area contributed by atoms with Crippen molar-refractivity contribution in [1.82, 2.24) is 14.6 Å². The Morgan fingerprint density at radius 2 is 2.00 bits per heavy atom. The predicted octanol–water partition coefficient (Wildman–Crippen LogP) is 3.24. The van der Waals surface area contributed by atoms with Crippen molar-refractivity contribution in [2.75, 3.05) is 30.4 Å². The van der Waals surface area contributed by atoms with Crippen LogP contribution in [0.5, 0.6) is 0 Å². The number of nitrogens with one attached hydrogen (secondary N) is 2. The van der Waals surface area contributed by atoms with Crippen LogP contribution < -0.4 is 10.7 Å². The zero-order valence-corrected chi connectivity index (χ0v) is 14.9. The average Bonchev–Trinajstić information content (AvgIpc) is 3.08. The molecule has 0 fully saturated rings. The Bertz CT molecular complexity index is 890. The molecule has 0 radical (unpaired) electrons. The van der Waals surface area contributed by atoms with Crippen LogP contribution >= 0.6 is 0 Å². The molecule has 140 valence electrons. The number of imidazole rings is 1. The third-order valence-electron chi connectivity index (χ3n) is 4.41. The smallest absolute Gasteiger partial charge is 0.417 e. The van der Waals surface area contributed by atoms with Crippen LogP contribution in [0.1, 0.15) is 18.5 Å². The molecule has 2 aromatic rings. The molecule has 0 aliphatic carbocycles. The highest BCUT2D eigenvalue weighted by atomic mass is 19.1. The van der Waals surface area contributed by atoms with Gasteiger partial charge in [0, 0.05) is 37.0 Å². The summed E-state index contributed by atoms with van der Waals surface area (Å²) in [5.74, 6) is 0.317. The molecule has 0 spiro atoms. The second kappa shape index (κ2) is 7.14. The minimum atomic E-state index is -0.419. The van der Waals surface area contributed by atoms with Gasteiger partial charge in [0.05, 0.1) is 18.0 Å². The van der Waals surface area contributed by atoms with Crippen LogP contribution in [-0.2, 0) is 4.74 Å². The number of carbonyl (C=O) groups is 1. The van der Waals surface area contributed by atoms with Crippen molar-refractivity contribution >= 4 is 12.0 Å². The van der Waals surface area contributed by atoms with Gasteiger partial charge in [-0.1, -0.05) is 12.2 Å². The standard InChI is InChI=1S/C19H20FN5O2/c1-2-27-19(26)24-11-7-14(8-12-24)17-16(13-3-5-15(20)6-4-13)23-18-21-9-10-22-25(17)18/h3-8,11-12,14,22H,2,9-10H2,1H3,(H,21,23). The summed E-state index contributed by atoms with van der Waals surface area (Å²) in [5, 5.41) is 3.27. The third kappa shape index (κ3) is 3.25. The Morgan fingerprint density at radius 1 is 1.26 bits per heavy atom. The fourth-order valence-electron chi connectivity index (χ4n) is 3.17. The molecule has 1 aromatic carbocycles. The van der Waals surface area contributed by atoms with Crippen LogP contribution in [0.4, 0.5) is 15.1 Å². The molecule has 0 bridgehead atoms. The van der Waals surface area contributed by atoms with Gasteiger partial charge in [-0.25, -0.2) is 18.8 Å². The lowest BCUT2D eigenvalue weighted by atomic mass is 9.98. The van der Waals surface area contributed by atoms with E-state index in [9.17, 15) is 9.18 Å². The number of ether oxygens (including phenoxy) is 1. The van der Waals surface area contributed by atoms with Crippen LogP contribution in [0.2, 0.25) is 0 Å². The number of benzene rings is 1. The minimum absolute atomic E-state index is 0.107. The summed E-state index contributed by atoms with van der Waals surface area (Å²) in [6.07, 6.45) is 6.77. The summed E-state index contributed by atoms with van der Waals surface area (Å²) in [5.41, 5.74) is 5.83. The number of carbonyl (C=O) groups excluding carboxylic acids is 1. The molecule has 2 N–H and O–H groups in total. The zero-order valence-electron chi connectivity index (χ0n) is 14.9. The van der Waals surface area contributed by atoms with Gasteiger partial charge in [-0.3, -0.25) is 4.90 Å². The summed E-state index contributed by atoms with van der Waals surface area (Å²) in [6.45, 7) is 3.62. The van der Waals surface area contributed by atoms with E-state index in [1.807, 2.05) is 16.8 Å². The fourth-order valence-corrected chi connectivity index (χ4v) is 3.17. The Balaban J connectivity index is 1.71. The summed E-state index contributed by atoms with van der Waals surface area (Å²) in [4.78, 5) is 18.0. The fraction of sp³-hybridized carbons (Fsp3) is 0.263. The first-order chi connectivity index (χ1) is 13.2. The SMILES string of the molecule is CCOC(=O)N1C=CC(c2c(-c3ccc(F)cc3)nc3n2NCCN3)C=C1. The van der Waals surface area contributed by atoms with E-state index in [-0.39, 0.29) is 11.7 Å². The van der Waals surface area contributed by atoms with Crippen LogP contribution in [0.3, 0.4) is 0 Å². The second-order valence-corrected chi connectivity index (χ2v) is 6.16. The lowest BCUT2D eigenvalue weighted by Crippen LogP contribution is -2.32. The Morgan fingerprint density at radius 3 is 2.70 bits per heavy atom. The maximum Gasteiger partial charge on any atom is 0.417 e. The number of rotatable bonds is 3. The summed E-state index contributed by atoms with van der Waals surface area (Å²) in [7, 11) is 0. The molecule has 4 rings (SSSR count). The molecule has 0 saturated carbocycles. The van der Waals surface area contributed by atoms with Gasteiger partial charge in [-0.15, -0.1) is 0 Å². The predicted molar refractivity (Wildman–Crippen MR) is 100 cm³/mol. The van der Waals surface area contributed by atoms with Gasteiger partial charge in [0.25, 0.3) is 0 Å². The molecule has 1 aromatic heterocycles. The highest BCUT2D eigenvalue weighted by Gasteiger charge is 2.26. The van der Waals surface area contributed by atoms with Crippen molar-refractivity contribution < 1.29 is 13.9 Å². The van der Waals surface area contributed by atoms with Crippen molar-refractivity contribution in [2.24, 2.45) is 0 Å². The molecule has 7 nitrogen and oxygen atoms in total. The van der Waals surface area contributed by atoms with E-state index in [0.717, 1.165) is 30.0 Å². The van der Waals surface area contributed by atoms with Crippen molar-refractivity contribution in [1.29, 1.82) is 0 Å². The van der Waals surface area contributed by atoms with Crippen LogP contribution in [0, 0.1) is 5.82 Å². The van der Waals surface area contributed by atoms with E-state index < -0.39 is 6.09 Å². The van der Waals surface area contributed by atoms with E-state index >= 15 is 0 Å². The number of hydrogen-bond acceptors (Lipinski definition) is 5. The Labute approximate surface area is 156 Å². The maximum atomic E-state index is 13.3. The molecule has 2 aliphatic rings. The topological polar surface area (TPSA) is 71.4 Å². The van der Waals surface area contributed by atoms with Gasteiger partial charge in [0.1, 0.15) is 5.82 Å². The number of aromatic nitrogens is 2. The number of nitrogens with zero attached hydrogens (tertiary/aromatic N) is 3. The summed E-state index contributed by atoms with van der Waals surface area (Å²) in [6, 6.07) is 6.28. The highest BCUT2D eigenvalue weighted by Crippen LogP contribution is 2.34. The van der Waals surface area contributed by atoms with Crippen molar-refractivity contribution in [3.63, 3.8) is 0 Å². The number of halogens is 1. The van der Waals surface area contributed by atoms with Gasteiger partial charge in [-0.05, 0) is 31.2 Å². The van der Waals surface area contributed by atoms with Gasteiger partial charge in [-0.2, -0.15) is 0 Å². The molecule has 1 amide bonds. The van der Waals surface area contributed by atoms with E-state index in [2.05, 4.69) is 10.7 Å². The van der Waals surface area contributed by atoms with E-state index in [1.165, 1.54) is 17.0 Å². The molecule has 8 heteroatoms. The lowest BCUT2D eigenvalue weighted by molar-refractivity contribution is 0.133. The Kier molecular flexibility index (Phi) is 4.53. The van der Waals surface area contributed by atoms with E-state index in [0.29, 0.717) is 12.6 Å². The van der Waals surface area contributed by atoms with Crippen molar-refractivity contribution in [3.05, 3.63) is 60.3 Å². The first kappa shape index (κ1) is 17.1. The molecular weight excluding hydrogens is 349 g/mol.